The third-order valence-electron chi connectivity index (χ3n) is 5.54. The summed E-state index contributed by atoms with van der Waals surface area (Å²) in [6.45, 7) is 0. The maximum atomic E-state index is 6.37. The Morgan fingerprint density at radius 3 is 2.62 bits per heavy atom. The molecule has 0 spiro atoms. The van der Waals surface area contributed by atoms with Crippen molar-refractivity contribution in [2.45, 2.75) is 54.8 Å². The summed E-state index contributed by atoms with van der Waals surface area (Å²) < 4.78 is 6.37. The Kier molecular flexibility index (Phi) is 3.66. The fourth-order valence-electron chi connectivity index (χ4n) is 4.28. The van der Waals surface area contributed by atoms with Gasteiger partial charge < -0.3 is 4.74 Å². The zero-order valence-electron chi connectivity index (χ0n) is 13.8. The van der Waals surface area contributed by atoms with Gasteiger partial charge in [-0.05, 0) is 54.2 Å². The lowest BCUT2D eigenvalue weighted by Crippen LogP contribution is -2.28. The summed E-state index contributed by atoms with van der Waals surface area (Å²) in [6, 6.07) is 13.0. The molecule has 0 radical (unpaired) electrons. The Labute approximate surface area is 147 Å². The molecule has 2 aliphatic carbocycles. The van der Waals surface area contributed by atoms with E-state index in [2.05, 4.69) is 48.6 Å². The number of thioether (sulfide) groups is 1. The van der Waals surface area contributed by atoms with Crippen molar-refractivity contribution in [3.05, 3.63) is 59.7 Å². The highest BCUT2D eigenvalue weighted by molar-refractivity contribution is 8.00. The molecule has 2 atom stereocenters. The van der Waals surface area contributed by atoms with E-state index in [9.17, 15) is 0 Å². The summed E-state index contributed by atoms with van der Waals surface area (Å²) in [5.74, 6) is 1.05. The van der Waals surface area contributed by atoms with E-state index >= 15 is 0 Å². The first kappa shape index (κ1) is 14.7. The first-order valence-corrected chi connectivity index (χ1v) is 10.0. The molecule has 1 nitrogen and oxygen atoms in total. The van der Waals surface area contributed by atoms with Crippen molar-refractivity contribution >= 4 is 22.5 Å². The molecule has 1 fully saturated rings. The van der Waals surface area contributed by atoms with Crippen LogP contribution in [0.25, 0.3) is 10.8 Å². The van der Waals surface area contributed by atoms with Gasteiger partial charge in [-0.2, -0.15) is 0 Å². The van der Waals surface area contributed by atoms with Gasteiger partial charge in [-0.25, -0.2) is 0 Å². The Morgan fingerprint density at radius 2 is 1.75 bits per heavy atom. The number of allylic oxidation sites excluding steroid dienone is 2. The molecule has 5 rings (SSSR count). The van der Waals surface area contributed by atoms with Gasteiger partial charge in [0.05, 0.1) is 10.1 Å². The highest BCUT2D eigenvalue weighted by Gasteiger charge is 2.36. The fraction of sp³-hybridized carbons (Fsp3) is 0.364. The lowest BCUT2D eigenvalue weighted by atomic mass is 9.99. The van der Waals surface area contributed by atoms with Crippen LogP contribution in [0.3, 0.4) is 0 Å². The van der Waals surface area contributed by atoms with E-state index in [0.29, 0.717) is 5.25 Å². The molecular formula is C22H22OS. The van der Waals surface area contributed by atoms with Gasteiger partial charge in [0, 0.05) is 0 Å². The maximum Gasteiger partial charge on any atom is 0.134 e. The van der Waals surface area contributed by atoms with Gasteiger partial charge in [-0.15, -0.1) is 11.8 Å². The van der Waals surface area contributed by atoms with Crippen molar-refractivity contribution in [1.29, 1.82) is 0 Å². The minimum absolute atomic E-state index is 0.203. The summed E-state index contributed by atoms with van der Waals surface area (Å²) >= 11 is 2.02. The van der Waals surface area contributed by atoms with E-state index in [0.717, 1.165) is 5.75 Å². The molecule has 0 amide bonds. The molecule has 2 unspecified atom stereocenters. The van der Waals surface area contributed by atoms with Gasteiger partial charge in [0.25, 0.3) is 0 Å². The van der Waals surface area contributed by atoms with E-state index in [-0.39, 0.29) is 6.10 Å². The van der Waals surface area contributed by atoms with Crippen LogP contribution in [0.5, 0.6) is 5.75 Å². The van der Waals surface area contributed by atoms with Crippen LogP contribution in [-0.4, -0.2) is 11.4 Å². The Hall–Kier alpha value is -1.67. The third-order valence-corrected chi connectivity index (χ3v) is 6.97. The number of hydrogen-bond acceptors (Lipinski definition) is 2. The van der Waals surface area contributed by atoms with Crippen molar-refractivity contribution in [3.8, 4) is 5.75 Å². The highest BCUT2D eigenvalue weighted by atomic mass is 32.2. The van der Waals surface area contributed by atoms with Gasteiger partial charge >= 0.3 is 0 Å². The number of fused-ring (bicyclic) bond motifs is 4. The van der Waals surface area contributed by atoms with Crippen LogP contribution in [0.4, 0.5) is 0 Å². The normalized spacial score (nSPS) is 26.0. The smallest absolute Gasteiger partial charge is 0.134 e. The lowest BCUT2D eigenvalue weighted by molar-refractivity contribution is 0.249. The second kappa shape index (κ2) is 6.00. The SMILES string of the molecule is C1=CC2Oc3ccc4ccccc4c3SC2C1=C1CCCCCC1. The van der Waals surface area contributed by atoms with E-state index in [4.69, 9.17) is 4.74 Å². The number of hydrogen-bond donors (Lipinski definition) is 0. The van der Waals surface area contributed by atoms with Crippen molar-refractivity contribution < 1.29 is 4.74 Å². The van der Waals surface area contributed by atoms with E-state index < -0.39 is 0 Å². The number of ether oxygens (including phenoxy) is 1. The first-order valence-electron chi connectivity index (χ1n) is 9.15. The molecule has 0 N–H and O–H groups in total. The molecule has 1 heterocycles. The molecule has 1 aliphatic heterocycles. The van der Waals surface area contributed by atoms with E-state index in [1.165, 1.54) is 54.2 Å². The quantitative estimate of drug-likeness (QED) is 0.524. The van der Waals surface area contributed by atoms with Crippen LogP contribution in [0.1, 0.15) is 38.5 Å². The maximum absolute atomic E-state index is 6.37. The van der Waals surface area contributed by atoms with Crippen LogP contribution < -0.4 is 4.74 Å². The molecule has 122 valence electrons. The molecule has 0 bridgehead atoms. The van der Waals surface area contributed by atoms with E-state index in [1.807, 2.05) is 11.8 Å². The number of rotatable bonds is 0. The van der Waals surface area contributed by atoms with Crippen LogP contribution in [0.15, 0.2) is 64.6 Å². The van der Waals surface area contributed by atoms with E-state index in [1.54, 1.807) is 11.1 Å². The van der Waals surface area contributed by atoms with Gasteiger partial charge in [0.2, 0.25) is 0 Å². The molecule has 3 aliphatic rings. The summed E-state index contributed by atoms with van der Waals surface area (Å²) in [6.07, 6.45) is 12.9. The minimum atomic E-state index is 0.203. The summed E-state index contributed by atoms with van der Waals surface area (Å²) in [5.41, 5.74) is 3.25. The highest BCUT2D eigenvalue weighted by Crippen LogP contribution is 2.49. The average Bonchev–Trinajstić information content (AvgIpc) is 2.85. The molecule has 2 aromatic carbocycles. The monoisotopic (exact) mass is 334 g/mol. The third kappa shape index (κ3) is 2.39. The van der Waals surface area contributed by atoms with Crippen molar-refractivity contribution in [2.75, 3.05) is 0 Å². The molecule has 2 aromatic rings. The first-order chi connectivity index (χ1) is 11.9. The molecule has 0 saturated heterocycles. The lowest BCUT2D eigenvalue weighted by Gasteiger charge is -2.30. The fourth-order valence-corrected chi connectivity index (χ4v) is 5.73. The van der Waals surface area contributed by atoms with Crippen molar-refractivity contribution in [1.82, 2.24) is 0 Å². The second-order valence-corrected chi connectivity index (χ2v) is 8.22. The molecule has 2 heteroatoms. The van der Waals surface area contributed by atoms with Crippen molar-refractivity contribution in [3.63, 3.8) is 0 Å². The summed E-state index contributed by atoms with van der Waals surface area (Å²) in [4.78, 5) is 1.32. The summed E-state index contributed by atoms with van der Waals surface area (Å²) in [7, 11) is 0. The Morgan fingerprint density at radius 1 is 0.917 bits per heavy atom. The predicted molar refractivity (Wildman–Crippen MR) is 102 cm³/mol. The van der Waals surface area contributed by atoms with Gasteiger partial charge in [0.15, 0.2) is 0 Å². The zero-order valence-corrected chi connectivity index (χ0v) is 14.6. The van der Waals surface area contributed by atoms with Crippen molar-refractivity contribution in [2.24, 2.45) is 0 Å². The van der Waals surface area contributed by atoms with Gasteiger partial charge in [-0.1, -0.05) is 54.8 Å². The van der Waals surface area contributed by atoms with Crippen LogP contribution in [0.2, 0.25) is 0 Å². The molecular weight excluding hydrogens is 312 g/mol. The standard InChI is InChI=1S/C22H22OS/c1-2-4-8-15(7-3-1)18-12-14-20-22(18)24-21-17-10-6-5-9-16(17)11-13-19(21)23-20/h5-6,9-14,20,22H,1-4,7-8H2. The predicted octanol–water partition coefficient (Wildman–Crippen LogP) is 6.28. The second-order valence-electron chi connectivity index (χ2n) is 7.07. The number of benzene rings is 2. The minimum Gasteiger partial charge on any atom is -0.484 e. The average molecular weight is 334 g/mol. The molecule has 24 heavy (non-hydrogen) atoms. The summed E-state index contributed by atoms with van der Waals surface area (Å²) in [5, 5.41) is 3.08. The largest absolute Gasteiger partial charge is 0.484 e. The van der Waals surface area contributed by atoms with Gasteiger partial charge in [-0.3, -0.25) is 0 Å². The Balaban J connectivity index is 1.56. The van der Waals surface area contributed by atoms with Crippen LogP contribution in [0, 0.1) is 0 Å². The topological polar surface area (TPSA) is 9.23 Å². The zero-order chi connectivity index (χ0) is 15.9. The Bertz CT molecular complexity index is 838. The van der Waals surface area contributed by atoms with Gasteiger partial charge in [0.1, 0.15) is 11.9 Å². The molecule has 1 saturated carbocycles. The van der Waals surface area contributed by atoms with Crippen LogP contribution in [-0.2, 0) is 0 Å². The molecule has 0 aromatic heterocycles. The van der Waals surface area contributed by atoms with Crippen LogP contribution >= 0.6 is 11.8 Å².